The van der Waals surface area contributed by atoms with Crippen LogP contribution in [0.15, 0.2) is 5.51 Å². The Morgan fingerprint density at radius 3 is 2.65 bits per heavy atom. The molecule has 4 nitrogen and oxygen atoms in total. The van der Waals surface area contributed by atoms with Crippen molar-refractivity contribution in [1.29, 1.82) is 0 Å². The van der Waals surface area contributed by atoms with Crippen LogP contribution in [0.2, 0.25) is 0 Å². The normalized spacial score (nSPS) is 13.5. The van der Waals surface area contributed by atoms with E-state index in [9.17, 15) is 4.79 Å². The summed E-state index contributed by atoms with van der Waals surface area (Å²) < 4.78 is 0. The van der Waals surface area contributed by atoms with Gasteiger partial charge in [0.15, 0.2) is 0 Å². The van der Waals surface area contributed by atoms with Crippen LogP contribution in [0.1, 0.15) is 44.3 Å². The largest absolute Gasteiger partial charge is 0.350 e. The van der Waals surface area contributed by atoms with Crippen LogP contribution in [0.25, 0.3) is 0 Å². The van der Waals surface area contributed by atoms with Gasteiger partial charge in [0.25, 0.3) is 0 Å². The van der Waals surface area contributed by atoms with Crippen LogP contribution < -0.4 is 10.6 Å². The van der Waals surface area contributed by atoms with Crippen LogP contribution in [-0.4, -0.2) is 23.0 Å². The van der Waals surface area contributed by atoms with E-state index in [-0.39, 0.29) is 17.5 Å². The van der Waals surface area contributed by atoms with Crippen LogP contribution in [0.4, 0.5) is 0 Å². The van der Waals surface area contributed by atoms with Gasteiger partial charge in [0, 0.05) is 16.5 Å². The molecule has 1 amide bonds. The summed E-state index contributed by atoms with van der Waals surface area (Å²) >= 11 is 1.62. The molecule has 0 aromatic carbocycles. The Labute approximate surface area is 107 Å². The molecular formula is C12H21N3OS. The van der Waals surface area contributed by atoms with Crippen molar-refractivity contribution in [2.75, 3.05) is 6.54 Å². The van der Waals surface area contributed by atoms with Crippen molar-refractivity contribution >= 4 is 17.2 Å². The third kappa shape index (κ3) is 4.83. The predicted octanol–water partition coefficient (Wildman–Crippen LogP) is 2.02. The van der Waals surface area contributed by atoms with E-state index >= 15 is 0 Å². The van der Waals surface area contributed by atoms with E-state index < -0.39 is 0 Å². The number of hydrogen-bond donors (Lipinski definition) is 2. The summed E-state index contributed by atoms with van der Waals surface area (Å²) in [5.74, 6) is 0.0199. The summed E-state index contributed by atoms with van der Waals surface area (Å²) in [6, 6.07) is 0.160. The minimum atomic E-state index is -0.178. The van der Waals surface area contributed by atoms with E-state index in [0.717, 1.165) is 5.69 Å². The fraction of sp³-hybridized carbons (Fsp3) is 0.667. The number of aromatic nitrogens is 1. The van der Waals surface area contributed by atoms with Crippen LogP contribution in [0.5, 0.6) is 0 Å². The quantitative estimate of drug-likeness (QED) is 0.865. The Morgan fingerprint density at radius 1 is 1.53 bits per heavy atom. The van der Waals surface area contributed by atoms with Gasteiger partial charge in [-0.2, -0.15) is 0 Å². The van der Waals surface area contributed by atoms with Gasteiger partial charge in [-0.05, 0) is 34.6 Å². The highest BCUT2D eigenvalue weighted by atomic mass is 32.1. The lowest BCUT2D eigenvalue weighted by atomic mass is 10.1. The number of amides is 1. The molecule has 1 aromatic rings. The molecule has 0 aliphatic heterocycles. The maximum atomic E-state index is 11.6. The molecule has 17 heavy (non-hydrogen) atoms. The Kier molecular flexibility index (Phi) is 4.65. The molecule has 5 heteroatoms. The monoisotopic (exact) mass is 255 g/mol. The van der Waals surface area contributed by atoms with Crippen molar-refractivity contribution in [3.8, 4) is 0 Å². The van der Waals surface area contributed by atoms with Gasteiger partial charge in [-0.25, -0.2) is 4.98 Å². The van der Waals surface area contributed by atoms with E-state index in [0.29, 0.717) is 6.54 Å². The summed E-state index contributed by atoms with van der Waals surface area (Å²) in [5, 5.41) is 6.13. The highest BCUT2D eigenvalue weighted by molar-refractivity contribution is 7.09. The summed E-state index contributed by atoms with van der Waals surface area (Å²) in [4.78, 5) is 17.0. The van der Waals surface area contributed by atoms with Gasteiger partial charge in [0.2, 0.25) is 5.91 Å². The standard InChI is InChI=1S/C12H21N3OS/c1-8(11-9(2)14-7-17-11)13-6-10(16)15-12(3,4)5/h7-8,13H,6H2,1-5H3,(H,15,16). The maximum Gasteiger partial charge on any atom is 0.234 e. The van der Waals surface area contributed by atoms with Crippen molar-refractivity contribution in [2.45, 2.75) is 46.2 Å². The molecule has 0 aliphatic carbocycles. The second-order valence-corrected chi connectivity index (χ2v) is 6.09. The average Bonchev–Trinajstić information content (AvgIpc) is 2.58. The van der Waals surface area contributed by atoms with E-state index in [1.165, 1.54) is 4.88 Å². The highest BCUT2D eigenvalue weighted by Crippen LogP contribution is 2.20. The Balaban J connectivity index is 2.41. The molecule has 0 saturated heterocycles. The zero-order valence-corrected chi connectivity index (χ0v) is 11.9. The summed E-state index contributed by atoms with van der Waals surface area (Å²) in [5.41, 5.74) is 2.69. The molecule has 96 valence electrons. The molecule has 0 bridgehead atoms. The third-order valence-corrected chi connectivity index (χ3v) is 3.37. The van der Waals surface area contributed by atoms with Gasteiger partial charge in [0.05, 0.1) is 17.7 Å². The van der Waals surface area contributed by atoms with Gasteiger partial charge in [-0.1, -0.05) is 0 Å². The van der Waals surface area contributed by atoms with Crippen LogP contribution in [-0.2, 0) is 4.79 Å². The van der Waals surface area contributed by atoms with Gasteiger partial charge < -0.3 is 10.6 Å². The van der Waals surface area contributed by atoms with Gasteiger partial charge >= 0.3 is 0 Å². The fourth-order valence-electron chi connectivity index (χ4n) is 1.53. The second kappa shape index (κ2) is 5.60. The number of thiazole rings is 1. The Hall–Kier alpha value is -0.940. The van der Waals surface area contributed by atoms with Crippen LogP contribution in [0, 0.1) is 6.92 Å². The molecule has 1 rings (SSSR count). The number of aryl methyl sites for hydroxylation is 1. The van der Waals surface area contributed by atoms with Crippen molar-refractivity contribution in [3.63, 3.8) is 0 Å². The minimum absolute atomic E-state index is 0.0199. The molecule has 2 N–H and O–H groups in total. The lowest BCUT2D eigenvalue weighted by Crippen LogP contribution is -2.45. The number of carbonyl (C=O) groups excluding carboxylic acids is 1. The third-order valence-electron chi connectivity index (χ3n) is 2.26. The zero-order valence-electron chi connectivity index (χ0n) is 11.1. The number of nitrogens with one attached hydrogen (secondary N) is 2. The minimum Gasteiger partial charge on any atom is -0.350 e. The summed E-state index contributed by atoms with van der Waals surface area (Å²) in [6.07, 6.45) is 0. The average molecular weight is 255 g/mol. The van der Waals surface area contributed by atoms with Crippen molar-refractivity contribution in [2.24, 2.45) is 0 Å². The second-order valence-electron chi connectivity index (χ2n) is 5.20. The zero-order chi connectivity index (χ0) is 13.1. The van der Waals surface area contributed by atoms with Crippen molar-refractivity contribution in [3.05, 3.63) is 16.1 Å². The lowest BCUT2D eigenvalue weighted by Gasteiger charge is -2.21. The first kappa shape index (κ1) is 14.1. The predicted molar refractivity (Wildman–Crippen MR) is 71.2 cm³/mol. The first-order chi connectivity index (χ1) is 7.79. The Bertz CT molecular complexity index is 381. The van der Waals surface area contributed by atoms with E-state index in [2.05, 4.69) is 15.6 Å². The number of nitrogens with zero attached hydrogens (tertiary/aromatic N) is 1. The van der Waals surface area contributed by atoms with E-state index in [1.54, 1.807) is 11.3 Å². The molecule has 0 radical (unpaired) electrons. The van der Waals surface area contributed by atoms with E-state index in [1.807, 2.05) is 40.1 Å². The van der Waals surface area contributed by atoms with Crippen LogP contribution >= 0.6 is 11.3 Å². The topological polar surface area (TPSA) is 54.0 Å². The van der Waals surface area contributed by atoms with Crippen molar-refractivity contribution < 1.29 is 4.79 Å². The summed E-state index contributed by atoms with van der Waals surface area (Å²) in [7, 11) is 0. The smallest absolute Gasteiger partial charge is 0.234 e. The first-order valence-corrected chi connectivity index (χ1v) is 6.62. The number of hydrogen-bond acceptors (Lipinski definition) is 4. The lowest BCUT2D eigenvalue weighted by molar-refractivity contribution is -0.121. The Morgan fingerprint density at radius 2 is 2.18 bits per heavy atom. The van der Waals surface area contributed by atoms with Gasteiger partial charge in [-0.15, -0.1) is 11.3 Å². The SMILES string of the molecule is Cc1ncsc1C(C)NCC(=O)NC(C)(C)C. The molecular weight excluding hydrogens is 234 g/mol. The number of carbonyl (C=O) groups is 1. The molecule has 0 saturated carbocycles. The number of rotatable bonds is 4. The molecule has 0 aliphatic rings. The molecule has 0 fully saturated rings. The fourth-order valence-corrected chi connectivity index (χ4v) is 2.36. The molecule has 1 heterocycles. The van der Waals surface area contributed by atoms with Crippen LogP contribution in [0.3, 0.4) is 0 Å². The first-order valence-electron chi connectivity index (χ1n) is 5.74. The highest BCUT2D eigenvalue weighted by Gasteiger charge is 2.15. The molecule has 1 aromatic heterocycles. The van der Waals surface area contributed by atoms with Gasteiger partial charge in [0.1, 0.15) is 0 Å². The molecule has 0 spiro atoms. The molecule has 1 unspecified atom stereocenters. The summed E-state index contributed by atoms with van der Waals surface area (Å²) in [6.45, 7) is 10.3. The van der Waals surface area contributed by atoms with E-state index in [4.69, 9.17) is 0 Å². The molecule has 1 atom stereocenters. The van der Waals surface area contributed by atoms with Crippen molar-refractivity contribution in [1.82, 2.24) is 15.6 Å². The van der Waals surface area contributed by atoms with Gasteiger partial charge in [-0.3, -0.25) is 4.79 Å². The maximum absolute atomic E-state index is 11.6.